The first-order chi connectivity index (χ1) is 8.60. The molecule has 1 aromatic carbocycles. The average Bonchev–Trinajstić information content (AvgIpc) is 2.75. The Kier molecular flexibility index (Phi) is 3.34. The third-order valence-electron chi connectivity index (χ3n) is 3.04. The number of aliphatic hydroxyl groups is 1. The monoisotopic (exact) mass is 248 g/mol. The predicted molar refractivity (Wildman–Crippen MR) is 67.9 cm³/mol. The Morgan fingerprint density at radius 2 is 2.22 bits per heavy atom. The summed E-state index contributed by atoms with van der Waals surface area (Å²) in [5, 5.41) is 18.5. The van der Waals surface area contributed by atoms with Gasteiger partial charge in [-0.15, -0.1) is 0 Å². The second-order valence-corrected chi connectivity index (χ2v) is 4.26. The van der Waals surface area contributed by atoms with E-state index in [4.69, 9.17) is 5.11 Å². The number of fused-ring (bicyclic) bond motifs is 1. The molecule has 2 aromatic rings. The molecule has 0 saturated carbocycles. The quantitative estimate of drug-likeness (QED) is 0.865. The lowest BCUT2D eigenvalue weighted by atomic mass is 10.2. The van der Waals surface area contributed by atoms with E-state index < -0.39 is 5.97 Å². The molecule has 2 N–H and O–H groups in total. The number of aromatic nitrogens is 2. The molecular formula is C13H16N2O3. The minimum Gasteiger partial charge on any atom is -0.478 e. The van der Waals surface area contributed by atoms with E-state index in [9.17, 15) is 9.90 Å². The van der Waals surface area contributed by atoms with Crippen LogP contribution in [0, 0.1) is 0 Å². The van der Waals surface area contributed by atoms with E-state index in [1.807, 2.05) is 24.5 Å². The van der Waals surface area contributed by atoms with Crippen molar-refractivity contribution in [3.8, 4) is 0 Å². The van der Waals surface area contributed by atoms with Crippen molar-refractivity contribution in [1.29, 1.82) is 0 Å². The van der Waals surface area contributed by atoms with E-state index >= 15 is 0 Å². The van der Waals surface area contributed by atoms with Gasteiger partial charge in [-0.25, -0.2) is 9.78 Å². The lowest BCUT2D eigenvalue weighted by molar-refractivity contribution is 0.0699. The molecule has 0 radical (unpaired) electrons. The molecule has 0 saturated heterocycles. The summed E-state index contributed by atoms with van der Waals surface area (Å²) in [6, 6.07) is 4.97. The van der Waals surface area contributed by atoms with Crippen molar-refractivity contribution in [3.05, 3.63) is 29.6 Å². The summed E-state index contributed by atoms with van der Waals surface area (Å²) in [5.41, 5.74) is 1.45. The Balaban J connectivity index is 2.77. The number of aliphatic hydroxyl groups excluding tert-OH is 1. The van der Waals surface area contributed by atoms with Gasteiger partial charge in [0, 0.05) is 6.42 Å². The van der Waals surface area contributed by atoms with Crippen molar-refractivity contribution in [2.45, 2.75) is 26.3 Å². The molecule has 0 amide bonds. The molecule has 0 bridgehead atoms. The number of aromatic carboxylic acids is 1. The predicted octanol–water partition coefficient (Wildman–Crippen LogP) is 1.85. The van der Waals surface area contributed by atoms with Crippen LogP contribution in [0.15, 0.2) is 18.2 Å². The van der Waals surface area contributed by atoms with Gasteiger partial charge in [0.15, 0.2) is 0 Å². The molecule has 1 unspecified atom stereocenters. The number of para-hydroxylation sites is 1. The maximum Gasteiger partial charge on any atom is 0.337 e. The SMILES string of the molecule is CCc1nc2c(C(=O)O)cccc2n1C(C)CO. The van der Waals surface area contributed by atoms with Crippen LogP contribution < -0.4 is 0 Å². The zero-order valence-electron chi connectivity index (χ0n) is 10.4. The van der Waals surface area contributed by atoms with Gasteiger partial charge in [0.05, 0.1) is 23.7 Å². The van der Waals surface area contributed by atoms with Crippen molar-refractivity contribution in [2.75, 3.05) is 6.61 Å². The molecule has 2 rings (SSSR count). The van der Waals surface area contributed by atoms with Crippen molar-refractivity contribution >= 4 is 17.0 Å². The highest BCUT2D eigenvalue weighted by molar-refractivity contribution is 6.01. The summed E-state index contributed by atoms with van der Waals surface area (Å²) >= 11 is 0. The highest BCUT2D eigenvalue weighted by atomic mass is 16.4. The van der Waals surface area contributed by atoms with Gasteiger partial charge < -0.3 is 14.8 Å². The Bertz CT molecular complexity index is 589. The molecule has 0 aliphatic rings. The van der Waals surface area contributed by atoms with Crippen LogP contribution in [0.3, 0.4) is 0 Å². The highest BCUT2D eigenvalue weighted by Crippen LogP contribution is 2.24. The molecule has 0 fully saturated rings. The molecule has 0 aliphatic carbocycles. The lowest BCUT2D eigenvalue weighted by Crippen LogP contribution is -2.12. The van der Waals surface area contributed by atoms with Crippen LogP contribution in [0.1, 0.15) is 36.1 Å². The zero-order valence-corrected chi connectivity index (χ0v) is 10.4. The van der Waals surface area contributed by atoms with Gasteiger partial charge in [-0.05, 0) is 19.1 Å². The van der Waals surface area contributed by atoms with Gasteiger partial charge >= 0.3 is 5.97 Å². The number of benzene rings is 1. The summed E-state index contributed by atoms with van der Waals surface area (Å²) in [7, 11) is 0. The molecule has 1 aromatic heterocycles. The van der Waals surface area contributed by atoms with Crippen LogP contribution in [-0.2, 0) is 6.42 Å². The molecule has 5 heteroatoms. The fourth-order valence-corrected chi connectivity index (χ4v) is 2.16. The second-order valence-electron chi connectivity index (χ2n) is 4.26. The van der Waals surface area contributed by atoms with Crippen LogP contribution >= 0.6 is 0 Å². The smallest absolute Gasteiger partial charge is 0.337 e. The standard InChI is InChI=1S/C13H16N2O3/c1-3-11-14-12-9(13(17)18)5-4-6-10(12)15(11)8(2)7-16/h4-6,8,16H,3,7H2,1-2H3,(H,17,18). The normalized spacial score (nSPS) is 12.8. The highest BCUT2D eigenvalue weighted by Gasteiger charge is 2.18. The van der Waals surface area contributed by atoms with Crippen LogP contribution in [0.5, 0.6) is 0 Å². The third-order valence-corrected chi connectivity index (χ3v) is 3.04. The van der Waals surface area contributed by atoms with Crippen molar-refractivity contribution < 1.29 is 15.0 Å². The fraction of sp³-hybridized carbons (Fsp3) is 0.385. The Morgan fingerprint density at radius 1 is 1.50 bits per heavy atom. The number of nitrogens with zero attached hydrogens (tertiary/aromatic N) is 2. The van der Waals surface area contributed by atoms with Gasteiger partial charge in [0.1, 0.15) is 11.3 Å². The molecule has 1 atom stereocenters. The maximum absolute atomic E-state index is 11.2. The Morgan fingerprint density at radius 3 is 2.78 bits per heavy atom. The number of carboxylic acids is 1. The van der Waals surface area contributed by atoms with Crippen LogP contribution in [-0.4, -0.2) is 32.3 Å². The maximum atomic E-state index is 11.2. The van der Waals surface area contributed by atoms with Crippen LogP contribution in [0.4, 0.5) is 0 Å². The number of aryl methyl sites for hydroxylation is 1. The average molecular weight is 248 g/mol. The van der Waals surface area contributed by atoms with Gasteiger partial charge in [-0.1, -0.05) is 13.0 Å². The van der Waals surface area contributed by atoms with Gasteiger partial charge in [0.2, 0.25) is 0 Å². The van der Waals surface area contributed by atoms with Crippen molar-refractivity contribution in [3.63, 3.8) is 0 Å². The van der Waals surface area contributed by atoms with E-state index in [0.29, 0.717) is 11.9 Å². The summed E-state index contributed by atoms with van der Waals surface area (Å²) < 4.78 is 1.90. The van der Waals surface area contributed by atoms with E-state index in [1.54, 1.807) is 12.1 Å². The van der Waals surface area contributed by atoms with E-state index in [-0.39, 0.29) is 18.2 Å². The van der Waals surface area contributed by atoms with Crippen LogP contribution in [0.2, 0.25) is 0 Å². The van der Waals surface area contributed by atoms with Gasteiger partial charge in [-0.3, -0.25) is 0 Å². The first-order valence-electron chi connectivity index (χ1n) is 5.94. The molecule has 0 spiro atoms. The van der Waals surface area contributed by atoms with Gasteiger partial charge in [-0.2, -0.15) is 0 Å². The largest absolute Gasteiger partial charge is 0.478 e. The molecule has 0 aliphatic heterocycles. The van der Waals surface area contributed by atoms with Crippen LogP contribution in [0.25, 0.3) is 11.0 Å². The molecule has 18 heavy (non-hydrogen) atoms. The van der Waals surface area contributed by atoms with Gasteiger partial charge in [0.25, 0.3) is 0 Å². The Labute approximate surface area is 105 Å². The van der Waals surface area contributed by atoms with Crippen molar-refractivity contribution in [1.82, 2.24) is 9.55 Å². The molecule has 96 valence electrons. The molecule has 5 nitrogen and oxygen atoms in total. The second kappa shape index (κ2) is 4.78. The summed E-state index contributed by atoms with van der Waals surface area (Å²) in [6.07, 6.45) is 0.693. The minimum atomic E-state index is -0.982. The number of imidazole rings is 1. The minimum absolute atomic E-state index is 0.00421. The third kappa shape index (κ3) is 1.86. The number of hydrogen-bond donors (Lipinski definition) is 2. The van der Waals surface area contributed by atoms with E-state index in [2.05, 4.69) is 4.98 Å². The molecule has 1 heterocycles. The number of carboxylic acid groups (broad SMARTS) is 1. The number of carbonyl (C=O) groups is 1. The topological polar surface area (TPSA) is 75.3 Å². The van der Waals surface area contributed by atoms with E-state index in [1.165, 1.54) is 0 Å². The lowest BCUT2D eigenvalue weighted by Gasteiger charge is -2.14. The summed E-state index contributed by atoms with van der Waals surface area (Å²) in [5.74, 6) is -0.190. The Hall–Kier alpha value is -1.88. The summed E-state index contributed by atoms with van der Waals surface area (Å²) in [4.78, 5) is 15.6. The summed E-state index contributed by atoms with van der Waals surface area (Å²) in [6.45, 7) is 3.84. The number of hydrogen-bond acceptors (Lipinski definition) is 3. The first kappa shape index (κ1) is 12.6. The van der Waals surface area contributed by atoms with Crippen molar-refractivity contribution in [2.24, 2.45) is 0 Å². The van der Waals surface area contributed by atoms with E-state index in [0.717, 1.165) is 11.3 Å². The fourth-order valence-electron chi connectivity index (χ4n) is 2.16. The first-order valence-corrected chi connectivity index (χ1v) is 5.94. The zero-order chi connectivity index (χ0) is 13.3. The molecular weight excluding hydrogens is 232 g/mol. The number of rotatable bonds is 4.